The molecule has 1 aliphatic heterocycles. The van der Waals surface area contributed by atoms with Crippen molar-refractivity contribution in [3.05, 3.63) is 35.3 Å². The molecule has 6 heteroatoms. The fourth-order valence-electron chi connectivity index (χ4n) is 2.35. The summed E-state index contributed by atoms with van der Waals surface area (Å²) in [5.41, 5.74) is -1.42. The summed E-state index contributed by atoms with van der Waals surface area (Å²) in [6.07, 6.45) is -4.68. The minimum absolute atomic E-state index is 0.476. The van der Waals surface area contributed by atoms with Crippen LogP contribution in [0.5, 0.6) is 0 Å². The van der Waals surface area contributed by atoms with Gasteiger partial charge >= 0.3 is 0 Å². The third-order valence-corrected chi connectivity index (χ3v) is 4.02. The molecule has 0 bridgehead atoms. The number of hydrogen-bond acceptors (Lipinski definition) is 4. The number of rotatable bonds is 6. The van der Waals surface area contributed by atoms with Crippen molar-refractivity contribution in [3.8, 4) is 0 Å². The van der Waals surface area contributed by atoms with E-state index >= 15 is 0 Å². The normalized spacial score (nSPS) is 29.9. The van der Waals surface area contributed by atoms with E-state index in [2.05, 4.69) is 0 Å². The lowest BCUT2D eigenvalue weighted by atomic mass is 9.94. The number of likely N-dealkylation sites (N-methyl/N-ethyl adjacent to an activating group) is 1. The van der Waals surface area contributed by atoms with Crippen LogP contribution in [-0.2, 0) is 20.8 Å². The Labute approximate surface area is 165 Å². The number of amides is 2. The van der Waals surface area contributed by atoms with Gasteiger partial charge in [-0.1, -0.05) is 44.9 Å². The summed E-state index contributed by atoms with van der Waals surface area (Å²) >= 11 is 0. The molecule has 2 amide bonds. The third kappa shape index (κ3) is 4.49. The number of carbonyl (C=O) groups excluding carboxylic acids is 3. The maximum absolute atomic E-state index is 13.2. The number of aliphatic hydroxyl groups is 1. The molecule has 1 heterocycles. The zero-order chi connectivity index (χ0) is 26.5. The van der Waals surface area contributed by atoms with E-state index in [0.717, 1.165) is 18.9 Å². The average molecular weight is 369 g/mol. The molecule has 0 spiro atoms. The zero-order valence-electron chi connectivity index (χ0n) is 23.2. The van der Waals surface area contributed by atoms with Crippen molar-refractivity contribution >= 4 is 17.6 Å². The minimum atomic E-state index is -2.91. The van der Waals surface area contributed by atoms with Gasteiger partial charge in [0.1, 0.15) is 12.1 Å². The lowest BCUT2D eigenvalue weighted by Crippen LogP contribution is -2.43. The van der Waals surface area contributed by atoms with Gasteiger partial charge < -0.3 is 15.3 Å². The van der Waals surface area contributed by atoms with Crippen LogP contribution in [0.15, 0.2) is 24.2 Å². The van der Waals surface area contributed by atoms with E-state index in [1.54, 1.807) is 13.8 Å². The number of carbonyl (C=O) groups is 3. The zero-order valence-corrected chi connectivity index (χ0v) is 15.2. The predicted octanol–water partition coefficient (Wildman–Crippen LogP) is 1.47. The van der Waals surface area contributed by atoms with Crippen LogP contribution in [0.2, 0.25) is 0 Å². The molecule has 2 N–H and O–H groups in total. The quantitative estimate of drug-likeness (QED) is 0.796. The molecule has 1 aliphatic rings. The summed E-state index contributed by atoms with van der Waals surface area (Å²) in [5.74, 6) is -6.00. The first-order chi connectivity index (χ1) is 15.3. The highest BCUT2D eigenvalue weighted by Gasteiger charge is 2.32. The molecular weight excluding hydrogens is 332 g/mol. The minimum Gasteiger partial charge on any atom is -0.385 e. The summed E-state index contributed by atoms with van der Waals surface area (Å²) < 4.78 is 66.2. The van der Waals surface area contributed by atoms with Gasteiger partial charge in [-0.25, -0.2) is 0 Å². The Morgan fingerprint density at radius 2 is 2.12 bits per heavy atom. The van der Waals surface area contributed by atoms with Gasteiger partial charge in [0.2, 0.25) is 11.8 Å². The third-order valence-electron chi connectivity index (χ3n) is 4.02. The summed E-state index contributed by atoms with van der Waals surface area (Å²) in [6.45, 7) is 3.53. The number of aliphatic hydroxyl groups excluding tert-OH is 1. The van der Waals surface area contributed by atoms with Crippen LogP contribution in [-0.4, -0.2) is 47.3 Å². The van der Waals surface area contributed by atoms with E-state index in [9.17, 15) is 19.5 Å². The Morgan fingerprint density at radius 3 is 2.77 bits per heavy atom. The second kappa shape index (κ2) is 8.45. The lowest BCUT2D eigenvalue weighted by molar-refractivity contribution is -0.137. The number of benzene rings is 1. The molecule has 1 aromatic rings. The highest BCUT2D eigenvalue weighted by atomic mass is 16.3. The number of hydrogen-bond donors (Lipinski definition) is 2. The smallest absolute Gasteiger partial charge is 0.249 e. The van der Waals surface area contributed by atoms with Crippen LogP contribution in [0, 0.1) is 11.8 Å². The second-order valence-corrected chi connectivity index (χ2v) is 6.53. The van der Waals surface area contributed by atoms with Gasteiger partial charge in [-0.2, -0.15) is 0 Å². The molecule has 0 radical (unpaired) electrons. The first-order valence-corrected chi connectivity index (χ1v) is 8.19. The molecule has 0 unspecified atom stereocenters. The average Bonchev–Trinajstić information content (AvgIpc) is 2.76. The van der Waals surface area contributed by atoms with Gasteiger partial charge in [0.15, 0.2) is 5.78 Å². The molecule has 1 aromatic carbocycles. The van der Waals surface area contributed by atoms with Crippen LogP contribution in [0.3, 0.4) is 0 Å². The fourth-order valence-corrected chi connectivity index (χ4v) is 2.35. The van der Waals surface area contributed by atoms with E-state index in [0.29, 0.717) is 0 Å². The number of nitrogens with one attached hydrogen (secondary N) is 1. The molecule has 0 saturated heterocycles. The molecule has 142 valence electrons. The molecular formula is C20H28N2O4. The van der Waals surface area contributed by atoms with Crippen molar-refractivity contribution in [1.29, 1.82) is 0 Å². The highest BCUT2D eigenvalue weighted by molar-refractivity contribution is 5.92. The molecule has 0 aliphatic carbocycles. The molecule has 0 fully saturated rings. The van der Waals surface area contributed by atoms with Crippen LogP contribution in [0.1, 0.15) is 55.3 Å². The molecule has 2 rings (SSSR count). The topological polar surface area (TPSA) is 86.7 Å². The Kier molecular flexibility index (Phi) is 3.73. The first-order valence-electron chi connectivity index (χ1n) is 12.2. The van der Waals surface area contributed by atoms with Gasteiger partial charge in [-0.15, -0.1) is 0 Å². The number of nitrogens with zero attached hydrogens (tertiary/aromatic N) is 1. The van der Waals surface area contributed by atoms with Crippen molar-refractivity contribution < 1.29 is 30.5 Å². The van der Waals surface area contributed by atoms with Crippen LogP contribution in [0.25, 0.3) is 0 Å². The van der Waals surface area contributed by atoms with Gasteiger partial charge in [-0.3, -0.25) is 14.4 Å². The molecule has 26 heavy (non-hydrogen) atoms. The maximum atomic E-state index is 13.2. The van der Waals surface area contributed by atoms with Gasteiger partial charge in [0.25, 0.3) is 0 Å². The van der Waals surface area contributed by atoms with E-state index in [1.807, 2.05) is 5.32 Å². The lowest BCUT2D eigenvalue weighted by Gasteiger charge is -2.24. The summed E-state index contributed by atoms with van der Waals surface area (Å²) in [7, 11) is 1.15. The van der Waals surface area contributed by atoms with Gasteiger partial charge in [0, 0.05) is 30.0 Å². The molecule has 0 saturated carbocycles. The molecule has 3 atom stereocenters. The second-order valence-electron chi connectivity index (χ2n) is 6.53. The van der Waals surface area contributed by atoms with Crippen molar-refractivity contribution in [2.45, 2.75) is 45.7 Å². The van der Waals surface area contributed by atoms with Crippen molar-refractivity contribution in [2.75, 3.05) is 13.6 Å². The van der Waals surface area contributed by atoms with Crippen LogP contribution in [0.4, 0.5) is 0 Å². The van der Waals surface area contributed by atoms with Crippen molar-refractivity contribution in [3.63, 3.8) is 0 Å². The largest absolute Gasteiger partial charge is 0.385 e. The maximum Gasteiger partial charge on any atom is 0.249 e. The Balaban J connectivity index is 2.67. The summed E-state index contributed by atoms with van der Waals surface area (Å²) in [5, 5.41) is 12.0. The SMILES string of the molecule is [2H]c1c([2H])c([2H])c2c(c1[2H])C([2H])([2H])CN(C)C(=O)[C@@]2([2H])NC(=O)[C@]([2H])(C)CC(=O)[C@@H](O)C(C)C. The number of Topliss-reactive ketones (excluding diaryl/α,β-unsaturated/α-hetero) is 1. The molecule has 6 nitrogen and oxygen atoms in total. The van der Waals surface area contributed by atoms with Gasteiger partial charge in [-0.05, 0) is 23.4 Å². The Hall–Kier alpha value is -2.21. The fraction of sp³-hybridized carbons (Fsp3) is 0.550. The van der Waals surface area contributed by atoms with E-state index < -0.39 is 96.2 Å². The summed E-state index contributed by atoms with van der Waals surface area (Å²) in [4.78, 5) is 39.3. The van der Waals surface area contributed by atoms with E-state index in [-0.39, 0.29) is 0 Å². The highest BCUT2D eigenvalue weighted by Crippen LogP contribution is 2.25. The number of fused-ring (bicyclic) bond motifs is 1. The van der Waals surface area contributed by atoms with Crippen molar-refractivity contribution in [2.24, 2.45) is 11.8 Å². The standard InChI is InChI=1S/C20H28N2O4/c1-12(2)18(24)16(23)11-13(3)19(25)21-17-15-8-6-5-7-14(15)9-10-22(4)20(17)26/h5-8,12-13,17-18,24H,9-11H2,1-4H3,(H,21,25)/t13-,17+,18+/m1/s1/i5D,6D,7D,8D,9D2,13D,17D. The monoisotopic (exact) mass is 368 g/mol. The Bertz CT molecular complexity index is 1050. The van der Waals surface area contributed by atoms with Crippen molar-refractivity contribution in [1.82, 2.24) is 10.2 Å². The summed E-state index contributed by atoms with van der Waals surface area (Å²) in [6, 6.07) is -6.18. The predicted molar refractivity (Wildman–Crippen MR) is 98.3 cm³/mol. The number of ketones is 1. The molecule has 0 aromatic heterocycles. The van der Waals surface area contributed by atoms with Crippen LogP contribution < -0.4 is 5.32 Å². The van der Waals surface area contributed by atoms with E-state index in [4.69, 9.17) is 11.0 Å². The Morgan fingerprint density at radius 1 is 1.46 bits per heavy atom. The van der Waals surface area contributed by atoms with Gasteiger partial charge in [0.05, 0.1) is 6.85 Å². The first kappa shape index (κ1) is 11.5. The van der Waals surface area contributed by atoms with E-state index in [1.165, 1.54) is 0 Å². The van der Waals surface area contributed by atoms with Crippen LogP contribution >= 0.6 is 0 Å².